The number of aromatic carboxylic acids is 1. The highest BCUT2D eigenvalue weighted by Gasteiger charge is 2.29. The maximum atomic E-state index is 12.8. The van der Waals surface area contributed by atoms with E-state index >= 15 is 0 Å². The molecule has 2 aromatic rings. The molecule has 2 aliphatic rings. The van der Waals surface area contributed by atoms with Crippen molar-refractivity contribution in [3.8, 4) is 0 Å². The van der Waals surface area contributed by atoms with E-state index in [9.17, 15) is 19.2 Å². The summed E-state index contributed by atoms with van der Waals surface area (Å²) < 4.78 is 0. The highest BCUT2D eigenvalue weighted by Crippen LogP contribution is 2.32. The average molecular weight is 370 g/mol. The number of nitrogens with one attached hydrogen (secondary N) is 2. The number of hydrogen-bond acceptors (Lipinski definition) is 5. The van der Waals surface area contributed by atoms with E-state index in [0.717, 1.165) is 24.1 Å². The molecule has 0 atom stereocenters. The molecule has 4 rings (SSSR count). The molecule has 132 valence electrons. The van der Waals surface area contributed by atoms with Gasteiger partial charge in [0.2, 0.25) is 0 Å². The first-order chi connectivity index (χ1) is 12.5. The van der Waals surface area contributed by atoms with Crippen LogP contribution in [0, 0.1) is 0 Å². The minimum absolute atomic E-state index is 0.0428. The Bertz CT molecular complexity index is 1040. The van der Waals surface area contributed by atoms with Crippen molar-refractivity contribution in [3.05, 3.63) is 55.6 Å². The number of fused-ring (bicyclic) bond motifs is 3. The van der Waals surface area contributed by atoms with Gasteiger partial charge in [-0.3, -0.25) is 14.4 Å². The standard InChI is InChI=1S/C18H14N2O5S/c21-14-9-3-1-2-4-12(9)26-17-13(14)16(23)19-11-6-5-8(18(24)25)7-10(11)15(22)20-17/h5-7H,1-4H2,(H,19,23)(H,20,22)(H,24,25). The van der Waals surface area contributed by atoms with E-state index < -0.39 is 17.8 Å². The van der Waals surface area contributed by atoms with Gasteiger partial charge in [-0.1, -0.05) is 0 Å². The van der Waals surface area contributed by atoms with Gasteiger partial charge < -0.3 is 15.7 Å². The summed E-state index contributed by atoms with van der Waals surface area (Å²) in [6.07, 6.45) is 3.26. The summed E-state index contributed by atoms with van der Waals surface area (Å²) in [5, 5.41) is 14.5. The summed E-state index contributed by atoms with van der Waals surface area (Å²) in [5.41, 5.74) is 0.416. The molecule has 2 heterocycles. The SMILES string of the molecule is O=C(O)c1ccc2c(c1)C(=O)Nc1sc3c(c(=O)c1C(=O)N2)CCCC3. The molecule has 0 bridgehead atoms. The molecular formula is C18H14N2O5S. The van der Waals surface area contributed by atoms with E-state index in [4.69, 9.17) is 5.11 Å². The third-order valence-electron chi connectivity index (χ3n) is 4.58. The number of anilines is 2. The molecule has 3 N–H and O–H groups in total. The van der Waals surface area contributed by atoms with Crippen molar-refractivity contribution in [1.29, 1.82) is 0 Å². The van der Waals surface area contributed by atoms with Gasteiger partial charge in [-0.05, 0) is 43.9 Å². The molecule has 1 aromatic heterocycles. The van der Waals surface area contributed by atoms with Gasteiger partial charge in [-0.25, -0.2) is 4.79 Å². The highest BCUT2D eigenvalue weighted by atomic mass is 32.1. The van der Waals surface area contributed by atoms with Gasteiger partial charge in [0, 0.05) is 10.4 Å². The summed E-state index contributed by atoms with van der Waals surface area (Å²) in [5.74, 6) is -2.33. The van der Waals surface area contributed by atoms with Crippen molar-refractivity contribution in [2.75, 3.05) is 10.6 Å². The fourth-order valence-corrected chi connectivity index (χ4v) is 4.52. The molecule has 1 aliphatic heterocycles. The molecule has 0 saturated heterocycles. The first-order valence-corrected chi connectivity index (χ1v) is 8.96. The maximum Gasteiger partial charge on any atom is 0.335 e. The molecule has 0 fully saturated rings. The Morgan fingerprint density at radius 3 is 2.58 bits per heavy atom. The van der Waals surface area contributed by atoms with Crippen LogP contribution in [-0.4, -0.2) is 22.9 Å². The molecule has 0 radical (unpaired) electrons. The predicted molar refractivity (Wildman–Crippen MR) is 96.5 cm³/mol. The first kappa shape index (κ1) is 16.5. The molecule has 26 heavy (non-hydrogen) atoms. The molecule has 1 aliphatic carbocycles. The second-order valence-electron chi connectivity index (χ2n) is 6.22. The van der Waals surface area contributed by atoms with Gasteiger partial charge in [0.05, 0.1) is 16.8 Å². The van der Waals surface area contributed by atoms with Crippen LogP contribution in [0.15, 0.2) is 23.0 Å². The molecule has 2 amide bonds. The molecule has 1 aromatic carbocycles. The van der Waals surface area contributed by atoms with Gasteiger partial charge in [0.15, 0.2) is 5.43 Å². The van der Waals surface area contributed by atoms with E-state index in [-0.39, 0.29) is 32.8 Å². The largest absolute Gasteiger partial charge is 0.478 e. The van der Waals surface area contributed by atoms with Crippen molar-refractivity contribution in [2.24, 2.45) is 0 Å². The van der Waals surface area contributed by atoms with Crippen LogP contribution in [0.1, 0.15) is 54.4 Å². The van der Waals surface area contributed by atoms with Crippen LogP contribution in [0.5, 0.6) is 0 Å². The lowest BCUT2D eigenvalue weighted by Crippen LogP contribution is -2.31. The number of carbonyl (C=O) groups excluding carboxylic acids is 2. The number of carboxylic acid groups (broad SMARTS) is 1. The molecule has 0 saturated carbocycles. The number of aryl methyl sites for hydroxylation is 1. The molecule has 0 spiro atoms. The molecule has 8 heteroatoms. The summed E-state index contributed by atoms with van der Waals surface area (Å²) in [4.78, 5) is 50.2. The smallest absolute Gasteiger partial charge is 0.335 e. The van der Waals surface area contributed by atoms with Crippen LogP contribution >= 0.6 is 11.3 Å². The normalized spacial score (nSPS) is 15.5. The van der Waals surface area contributed by atoms with Gasteiger partial charge >= 0.3 is 5.97 Å². The zero-order valence-corrected chi connectivity index (χ0v) is 14.4. The van der Waals surface area contributed by atoms with Crippen molar-refractivity contribution in [3.63, 3.8) is 0 Å². The van der Waals surface area contributed by atoms with Crippen LogP contribution in [0.3, 0.4) is 0 Å². The van der Waals surface area contributed by atoms with E-state index in [2.05, 4.69) is 10.6 Å². The topological polar surface area (TPSA) is 113 Å². The third kappa shape index (κ3) is 2.59. The number of hydrogen-bond donors (Lipinski definition) is 3. The third-order valence-corrected chi connectivity index (χ3v) is 5.79. The zero-order chi connectivity index (χ0) is 18.4. The number of amides is 2. The van der Waals surface area contributed by atoms with Crippen molar-refractivity contribution in [2.45, 2.75) is 25.7 Å². The lowest BCUT2D eigenvalue weighted by atomic mass is 9.97. The maximum absolute atomic E-state index is 12.8. The number of carboxylic acids is 1. The fourth-order valence-electron chi connectivity index (χ4n) is 3.28. The average Bonchev–Trinajstić information content (AvgIpc) is 2.61. The monoisotopic (exact) mass is 370 g/mol. The number of rotatable bonds is 1. The number of benzene rings is 1. The minimum Gasteiger partial charge on any atom is -0.478 e. The van der Waals surface area contributed by atoms with Crippen molar-refractivity contribution in [1.82, 2.24) is 0 Å². The van der Waals surface area contributed by atoms with Crippen molar-refractivity contribution >= 4 is 39.8 Å². The molecular weight excluding hydrogens is 356 g/mol. The van der Waals surface area contributed by atoms with Crippen LogP contribution in [0.4, 0.5) is 10.7 Å². The minimum atomic E-state index is -1.17. The lowest BCUT2D eigenvalue weighted by Gasteiger charge is -2.21. The van der Waals surface area contributed by atoms with Gasteiger partial charge in [0.25, 0.3) is 11.8 Å². The summed E-state index contributed by atoms with van der Waals surface area (Å²) in [6, 6.07) is 3.86. The fraction of sp³-hybridized carbons (Fsp3) is 0.222. The lowest BCUT2D eigenvalue weighted by molar-refractivity contribution is 0.0696. The predicted octanol–water partition coefficient (Wildman–Crippen LogP) is 2.50. The van der Waals surface area contributed by atoms with Gasteiger partial charge in [0.1, 0.15) is 10.6 Å². The van der Waals surface area contributed by atoms with E-state index in [0.29, 0.717) is 12.0 Å². The van der Waals surface area contributed by atoms with E-state index in [1.54, 1.807) is 0 Å². The Hall–Kier alpha value is -3.00. The second-order valence-corrected chi connectivity index (χ2v) is 7.32. The Kier molecular flexibility index (Phi) is 3.84. The highest BCUT2D eigenvalue weighted by molar-refractivity contribution is 7.16. The van der Waals surface area contributed by atoms with Crippen LogP contribution in [0.25, 0.3) is 0 Å². The van der Waals surface area contributed by atoms with Crippen LogP contribution in [-0.2, 0) is 12.8 Å². The Morgan fingerprint density at radius 2 is 1.81 bits per heavy atom. The van der Waals surface area contributed by atoms with Gasteiger partial charge in [-0.15, -0.1) is 11.3 Å². The number of carbonyl (C=O) groups is 3. The van der Waals surface area contributed by atoms with Crippen molar-refractivity contribution < 1.29 is 19.5 Å². The second kappa shape index (κ2) is 6.06. The van der Waals surface area contributed by atoms with Gasteiger partial charge in [-0.2, -0.15) is 0 Å². The zero-order valence-electron chi connectivity index (χ0n) is 13.5. The summed E-state index contributed by atoms with van der Waals surface area (Å²) in [6.45, 7) is 0. The Morgan fingerprint density at radius 1 is 1.04 bits per heavy atom. The first-order valence-electron chi connectivity index (χ1n) is 8.14. The summed E-state index contributed by atoms with van der Waals surface area (Å²) >= 11 is 1.25. The van der Waals surface area contributed by atoms with E-state index in [1.165, 1.54) is 29.5 Å². The Labute approximate surface area is 151 Å². The Balaban J connectivity index is 1.87. The quantitative estimate of drug-likeness (QED) is 0.714. The molecule has 7 nitrogen and oxygen atoms in total. The van der Waals surface area contributed by atoms with Crippen LogP contribution < -0.4 is 16.1 Å². The summed E-state index contributed by atoms with van der Waals surface area (Å²) in [7, 11) is 0. The molecule has 0 unspecified atom stereocenters. The van der Waals surface area contributed by atoms with E-state index in [1.807, 2.05) is 0 Å². The van der Waals surface area contributed by atoms with Crippen LogP contribution in [0.2, 0.25) is 0 Å².